The van der Waals surface area contributed by atoms with Crippen molar-refractivity contribution in [3.8, 4) is 0 Å². The number of carbonyl (C=O) groups excluding carboxylic acids is 2. The van der Waals surface area contributed by atoms with Crippen molar-refractivity contribution in [1.29, 1.82) is 0 Å². The number of halogens is 4. The average molecular weight is 352 g/mol. The lowest BCUT2D eigenvalue weighted by Crippen LogP contribution is -2.36. The van der Waals surface area contributed by atoms with E-state index in [4.69, 9.17) is 0 Å². The van der Waals surface area contributed by atoms with Crippen LogP contribution in [0.2, 0.25) is 0 Å². The van der Waals surface area contributed by atoms with Crippen LogP contribution in [0.5, 0.6) is 0 Å². The standard InChI is InChI=1S/C14H16F3N3O2.ClH/c1-8(21)19-12-5-9(4-10(6-12)14(15,16)17)13(22)20-11-2-3-18-7-11;/h4-6,11,18H,2-3,7H2,1H3,(H,19,21)(H,20,22);1H. The minimum absolute atomic E-state index is 0. The van der Waals surface area contributed by atoms with E-state index in [2.05, 4.69) is 16.0 Å². The first-order valence-electron chi connectivity index (χ1n) is 6.77. The molecule has 23 heavy (non-hydrogen) atoms. The topological polar surface area (TPSA) is 70.2 Å². The predicted molar refractivity (Wildman–Crippen MR) is 81.7 cm³/mol. The Hall–Kier alpha value is -1.80. The molecule has 1 aliphatic heterocycles. The fourth-order valence-corrected chi connectivity index (χ4v) is 2.24. The monoisotopic (exact) mass is 351 g/mol. The van der Waals surface area contributed by atoms with Gasteiger partial charge in [-0.2, -0.15) is 13.2 Å². The SMILES string of the molecule is CC(=O)Nc1cc(C(=O)NC2CCNC2)cc(C(F)(F)F)c1.Cl. The number of benzene rings is 1. The molecule has 0 aromatic heterocycles. The maximum Gasteiger partial charge on any atom is 0.416 e. The van der Waals surface area contributed by atoms with E-state index in [1.54, 1.807) is 0 Å². The number of nitrogens with one attached hydrogen (secondary N) is 3. The summed E-state index contributed by atoms with van der Waals surface area (Å²) in [5, 5.41) is 8.00. The lowest BCUT2D eigenvalue weighted by atomic mass is 10.1. The van der Waals surface area contributed by atoms with Crippen LogP contribution in [0.1, 0.15) is 29.3 Å². The molecule has 1 heterocycles. The smallest absolute Gasteiger partial charge is 0.348 e. The Morgan fingerprint density at radius 3 is 2.48 bits per heavy atom. The van der Waals surface area contributed by atoms with E-state index in [1.807, 2.05) is 0 Å². The number of hydrogen-bond acceptors (Lipinski definition) is 3. The van der Waals surface area contributed by atoms with Gasteiger partial charge in [0.1, 0.15) is 0 Å². The molecule has 3 N–H and O–H groups in total. The second-order valence-corrected chi connectivity index (χ2v) is 5.14. The highest BCUT2D eigenvalue weighted by Gasteiger charge is 2.32. The van der Waals surface area contributed by atoms with Crippen molar-refractivity contribution in [3.05, 3.63) is 29.3 Å². The van der Waals surface area contributed by atoms with Crippen molar-refractivity contribution in [3.63, 3.8) is 0 Å². The summed E-state index contributed by atoms with van der Waals surface area (Å²) in [7, 11) is 0. The van der Waals surface area contributed by atoms with Crippen molar-refractivity contribution in [2.45, 2.75) is 25.6 Å². The van der Waals surface area contributed by atoms with Crippen LogP contribution in [-0.2, 0) is 11.0 Å². The van der Waals surface area contributed by atoms with Crippen molar-refractivity contribution < 1.29 is 22.8 Å². The van der Waals surface area contributed by atoms with Gasteiger partial charge in [0.2, 0.25) is 5.91 Å². The number of carbonyl (C=O) groups is 2. The van der Waals surface area contributed by atoms with Crippen LogP contribution in [0, 0.1) is 0 Å². The van der Waals surface area contributed by atoms with E-state index in [1.165, 1.54) is 13.0 Å². The molecule has 1 aliphatic rings. The van der Waals surface area contributed by atoms with Gasteiger partial charge in [-0.15, -0.1) is 12.4 Å². The quantitative estimate of drug-likeness (QED) is 0.781. The molecule has 0 bridgehead atoms. The van der Waals surface area contributed by atoms with Gasteiger partial charge in [0.05, 0.1) is 5.56 Å². The normalized spacial score (nSPS) is 17.3. The molecule has 1 fully saturated rings. The lowest BCUT2D eigenvalue weighted by Gasteiger charge is -2.15. The number of anilines is 1. The molecule has 1 saturated heterocycles. The zero-order valence-corrected chi connectivity index (χ0v) is 13.1. The van der Waals surface area contributed by atoms with Gasteiger partial charge in [0, 0.05) is 30.8 Å². The summed E-state index contributed by atoms with van der Waals surface area (Å²) in [6.45, 7) is 2.53. The summed E-state index contributed by atoms with van der Waals surface area (Å²) in [6.07, 6.45) is -3.87. The molecule has 9 heteroatoms. The molecule has 0 aliphatic carbocycles. The molecule has 1 aromatic carbocycles. The fraction of sp³-hybridized carbons (Fsp3) is 0.429. The summed E-state index contributed by atoms with van der Waals surface area (Å²) in [4.78, 5) is 23.1. The van der Waals surface area contributed by atoms with Crippen LogP contribution >= 0.6 is 12.4 Å². The van der Waals surface area contributed by atoms with Crippen molar-refractivity contribution in [2.75, 3.05) is 18.4 Å². The minimum Gasteiger partial charge on any atom is -0.348 e. The Morgan fingerprint density at radius 1 is 1.26 bits per heavy atom. The highest BCUT2D eigenvalue weighted by Crippen LogP contribution is 2.32. The Kier molecular flexibility index (Phi) is 6.40. The number of amides is 2. The van der Waals surface area contributed by atoms with Crippen LogP contribution in [0.4, 0.5) is 18.9 Å². The third kappa shape index (κ3) is 5.40. The summed E-state index contributed by atoms with van der Waals surface area (Å²) in [5.41, 5.74) is -1.17. The first-order chi connectivity index (χ1) is 10.3. The summed E-state index contributed by atoms with van der Waals surface area (Å²) >= 11 is 0. The predicted octanol–water partition coefficient (Wildman–Crippen LogP) is 2.18. The lowest BCUT2D eigenvalue weighted by molar-refractivity contribution is -0.137. The van der Waals surface area contributed by atoms with E-state index in [0.29, 0.717) is 6.54 Å². The first kappa shape index (κ1) is 19.2. The molecule has 0 saturated carbocycles. The average Bonchev–Trinajstić information content (AvgIpc) is 2.89. The van der Waals surface area contributed by atoms with Gasteiger partial charge in [-0.3, -0.25) is 9.59 Å². The number of hydrogen-bond donors (Lipinski definition) is 3. The molecule has 0 spiro atoms. The molecule has 128 valence electrons. The second-order valence-electron chi connectivity index (χ2n) is 5.14. The number of rotatable bonds is 3. The van der Waals surface area contributed by atoms with E-state index >= 15 is 0 Å². The summed E-state index contributed by atoms with van der Waals surface area (Å²) < 4.78 is 38.7. The molecule has 2 amide bonds. The zero-order chi connectivity index (χ0) is 16.3. The highest BCUT2D eigenvalue weighted by molar-refractivity contribution is 5.97. The minimum atomic E-state index is -4.60. The van der Waals surface area contributed by atoms with Crippen LogP contribution in [0.3, 0.4) is 0 Å². The van der Waals surface area contributed by atoms with Crippen LogP contribution in [0.15, 0.2) is 18.2 Å². The molecule has 1 atom stereocenters. The highest BCUT2D eigenvalue weighted by atomic mass is 35.5. The Labute approximate surface area is 137 Å². The van der Waals surface area contributed by atoms with Crippen molar-refractivity contribution in [2.24, 2.45) is 0 Å². The van der Waals surface area contributed by atoms with Crippen LogP contribution < -0.4 is 16.0 Å². The van der Waals surface area contributed by atoms with E-state index in [-0.39, 0.29) is 29.7 Å². The number of alkyl halides is 3. The zero-order valence-electron chi connectivity index (χ0n) is 12.3. The van der Waals surface area contributed by atoms with Gasteiger partial charge in [-0.25, -0.2) is 0 Å². The molecule has 1 unspecified atom stereocenters. The third-order valence-electron chi connectivity index (χ3n) is 3.24. The third-order valence-corrected chi connectivity index (χ3v) is 3.24. The van der Waals surface area contributed by atoms with E-state index in [9.17, 15) is 22.8 Å². The first-order valence-corrected chi connectivity index (χ1v) is 6.77. The fourth-order valence-electron chi connectivity index (χ4n) is 2.24. The Balaban J connectivity index is 0.00000264. The van der Waals surface area contributed by atoms with Crippen LogP contribution in [-0.4, -0.2) is 30.9 Å². The van der Waals surface area contributed by atoms with Gasteiger partial charge in [-0.05, 0) is 31.2 Å². The molecule has 0 radical (unpaired) electrons. The molecule has 1 aromatic rings. The van der Waals surface area contributed by atoms with E-state index in [0.717, 1.165) is 25.1 Å². The van der Waals surface area contributed by atoms with Gasteiger partial charge in [-0.1, -0.05) is 0 Å². The van der Waals surface area contributed by atoms with Gasteiger partial charge >= 0.3 is 6.18 Å². The Morgan fingerprint density at radius 2 is 1.96 bits per heavy atom. The van der Waals surface area contributed by atoms with Gasteiger partial charge in [0.25, 0.3) is 5.91 Å². The maximum atomic E-state index is 12.9. The molecule has 2 rings (SSSR count). The maximum absolute atomic E-state index is 12.9. The second kappa shape index (κ2) is 7.65. The van der Waals surface area contributed by atoms with Crippen molar-refractivity contribution >= 4 is 29.9 Å². The van der Waals surface area contributed by atoms with Crippen molar-refractivity contribution in [1.82, 2.24) is 10.6 Å². The largest absolute Gasteiger partial charge is 0.416 e. The van der Waals surface area contributed by atoms with E-state index < -0.39 is 23.6 Å². The Bertz CT molecular complexity index is 587. The molecular weight excluding hydrogens is 335 g/mol. The van der Waals surface area contributed by atoms with Crippen LogP contribution in [0.25, 0.3) is 0 Å². The molecular formula is C14H17ClF3N3O2. The van der Waals surface area contributed by atoms with Gasteiger partial charge < -0.3 is 16.0 Å². The van der Waals surface area contributed by atoms with Gasteiger partial charge in [0.15, 0.2) is 0 Å². The molecule has 5 nitrogen and oxygen atoms in total. The summed E-state index contributed by atoms with van der Waals surface area (Å²) in [6, 6.07) is 2.71. The summed E-state index contributed by atoms with van der Waals surface area (Å²) in [5.74, 6) is -1.10.